The minimum absolute atomic E-state index is 0.166. The molecule has 6 heteroatoms. The van der Waals surface area contributed by atoms with Crippen LogP contribution >= 0.6 is 0 Å². The molecule has 0 spiro atoms. The molecule has 1 aromatic carbocycles. The van der Waals surface area contributed by atoms with Gasteiger partial charge in [-0.3, -0.25) is 14.7 Å². The van der Waals surface area contributed by atoms with Crippen molar-refractivity contribution in [2.24, 2.45) is 5.92 Å². The molecule has 0 aliphatic carbocycles. The smallest absolute Gasteiger partial charge is 0.256 e. The van der Waals surface area contributed by atoms with Gasteiger partial charge in [0, 0.05) is 6.61 Å². The van der Waals surface area contributed by atoms with Crippen LogP contribution in [0.2, 0.25) is 0 Å². The van der Waals surface area contributed by atoms with Crippen molar-refractivity contribution >= 4 is 11.9 Å². The molecule has 2 heterocycles. The van der Waals surface area contributed by atoms with E-state index in [0.717, 1.165) is 12.1 Å². The van der Waals surface area contributed by atoms with Crippen LogP contribution in [0.25, 0.3) is 5.69 Å². The molecule has 1 aliphatic heterocycles. The van der Waals surface area contributed by atoms with E-state index in [2.05, 4.69) is 15.5 Å². The minimum Gasteiger partial charge on any atom is -0.368 e. The zero-order valence-corrected chi connectivity index (χ0v) is 11.2. The first kappa shape index (κ1) is 12.8. The standard InChI is InChI=1S/C14H16N4O2/c1-10-7-8-20-12(10)13(19)16-14-17-15-9-18(14)11-5-3-2-4-6-11/h2-6,9-10,12H,7-8H2,1H3,(H,16,17,19)/t10-,12-/m0/s1. The predicted octanol–water partition coefficient (Wildman–Crippen LogP) is 1.63. The molecule has 0 bridgehead atoms. The van der Waals surface area contributed by atoms with Gasteiger partial charge < -0.3 is 4.74 Å². The van der Waals surface area contributed by atoms with Gasteiger partial charge in [-0.25, -0.2) is 0 Å². The van der Waals surface area contributed by atoms with Crippen molar-refractivity contribution in [1.29, 1.82) is 0 Å². The molecule has 0 saturated carbocycles. The maximum absolute atomic E-state index is 12.2. The molecule has 6 nitrogen and oxygen atoms in total. The van der Waals surface area contributed by atoms with E-state index < -0.39 is 6.10 Å². The first-order chi connectivity index (χ1) is 9.75. The molecule has 1 N–H and O–H groups in total. The van der Waals surface area contributed by atoms with Crippen molar-refractivity contribution in [3.8, 4) is 5.69 Å². The predicted molar refractivity (Wildman–Crippen MR) is 73.5 cm³/mol. The molecule has 1 fully saturated rings. The van der Waals surface area contributed by atoms with Crippen molar-refractivity contribution < 1.29 is 9.53 Å². The molecular weight excluding hydrogens is 256 g/mol. The lowest BCUT2D eigenvalue weighted by atomic mass is 10.0. The second kappa shape index (κ2) is 5.42. The van der Waals surface area contributed by atoms with Gasteiger partial charge in [0.2, 0.25) is 5.95 Å². The summed E-state index contributed by atoms with van der Waals surface area (Å²) >= 11 is 0. The molecule has 2 atom stereocenters. The van der Waals surface area contributed by atoms with E-state index in [1.165, 1.54) is 0 Å². The average molecular weight is 272 g/mol. The summed E-state index contributed by atoms with van der Waals surface area (Å²) in [7, 11) is 0. The first-order valence-corrected chi connectivity index (χ1v) is 6.63. The molecule has 1 amide bonds. The fraction of sp³-hybridized carbons (Fsp3) is 0.357. The van der Waals surface area contributed by atoms with Crippen LogP contribution in [-0.4, -0.2) is 33.4 Å². The van der Waals surface area contributed by atoms with E-state index in [1.807, 2.05) is 37.3 Å². The van der Waals surface area contributed by atoms with Crippen molar-refractivity contribution in [2.75, 3.05) is 11.9 Å². The molecule has 2 aromatic rings. The van der Waals surface area contributed by atoms with E-state index in [0.29, 0.717) is 12.6 Å². The van der Waals surface area contributed by atoms with Gasteiger partial charge in [-0.1, -0.05) is 25.1 Å². The third kappa shape index (κ3) is 2.42. The van der Waals surface area contributed by atoms with Gasteiger partial charge in [0.1, 0.15) is 12.4 Å². The first-order valence-electron chi connectivity index (χ1n) is 6.63. The number of para-hydroxylation sites is 1. The van der Waals surface area contributed by atoms with Gasteiger partial charge in [0.15, 0.2) is 0 Å². The minimum atomic E-state index is -0.407. The van der Waals surface area contributed by atoms with E-state index in [-0.39, 0.29) is 11.8 Å². The van der Waals surface area contributed by atoms with Gasteiger partial charge in [0.05, 0.1) is 5.69 Å². The van der Waals surface area contributed by atoms with Gasteiger partial charge in [-0.05, 0) is 24.5 Å². The van der Waals surface area contributed by atoms with Crippen LogP contribution < -0.4 is 5.32 Å². The van der Waals surface area contributed by atoms with Crippen molar-refractivity contribution in [3.05, 3.63) is 36.7 Å². The lowest BCUT2D eigenvalue weighted by Gasteiger charge is -2.14. The third-order valence-corrected chi connectivity index (χ3v) is 3.46. The summed E-state index contributed by atoms with van der Waals surface area (Å²) < 4.78 is 7.19. The van der Waals surface area contributed by atoms with E-state index in [4.69, 9.17) is 4.74 Å². The highest BCUT2D eigenvalue weighted by atomic mass is 16.5. The highest BCUT2D eigenvalue weighted by molar-refractivity contribution is 5.93. The summed E-state index contributed by atoms with van der Waals surface area (Å²) in [5, 5.41) is 10.6. The van der Waals surface area contributed by atoms with Crippen LogP contribution in [0.3, 0.4) is 0 Å². The number of aromatic nitrogens is 3. The van der Waals surface area contributed by atoms with E-state index in [9.17, 15) is 4.79 Å². The summed E-state index contributed by atoms with van der Waals surface area (Å²) in [6.45, 7) is 2.64. The SMILES string of the molecule is C[C@H]1CCO[C@@H]1C(=O)Nc1nncn1-c1ccccc1. The Morgan fingerprint density at radius 3 is 2.90 bits per heavy atom. The quantitative estimate of drug-likeness (QED) is 0.922. The van der Waals surface area contributed by atoms with Crippen LogP contribution in [-0.2, 0) is 9.53 Å². The Morgan fingerprint density at radius 1 is 1.40 bits per heavy atom. The zero-order valence-electron chi connectivity index (χ0n) is 11.2. The van der Waals surface area contributed by atoms with Crippen LogP contribution in [0.1, 0.15) is 13.3 Å². The second-order valence-corrected chi connectivity index (χ2v) is 4.91. The molecule has 0 unspecified atom stereocenters. The highest BCUT2D eigenvalue weighted by Gasteiger charge is 2.31. The molecule has 3 rings (SSSR count). The van der Waals surface area contributed by atoms with E-state index in [1.54, 1.807) is 10.9 Å². The summed E-state index contributed by atoms with van der Waals surface area (Å²) in [5.41, 5.74) is 0.896. The number of carbonyl (C=O) groups is 1. The topological polar surface area (TPSA) is 69.0 Å². The number of hydrogen-bond donors (Lipinski definition) is 1. The lowest BCUT2D eigenvalue weighted by molar-refractivity contribution is -0.126. The number of rotatable bonds is 3. The van der Waals surface area contributed by atoms with Crippen LogP contribution in [0, 0.1) is 5.92 Å². The number of amides is 1. The number of nitrogens with zero attached hydrogens (tertiary/aromatic N) is 3. The van der Waals surface area contributed by atoms with Crippen molar-refractivity contribution in [3.63, 3.8) is 0 Å². The fourth-order valence-corrected chi connectivity index (χ4v) is 2.31. The van der Waals surface area contributed by atoms with Gasteiger partial charge in [0.25, 0.3) is 5.91 Å². The van der Waals surface area contributed by atoms with E-state index >= 15 is 0 Å². The summed E-state index contributed by atoms with van der Waals surface area (Å²) in [6, 6.07) is 9.62. The average Bonchev–Trinajstić information content (AvgIpc) is 3.08. The molecule has 104 valence electrons. The molecule has 20 heavy (non-hydrogen) atoms. The lowest BCUT2D eigenvalue weighted by Crippen LogP contribution is -2.32. The number of hydrogen-bond acceptors (Lipinski definition) is 4. The highest BCUT2D eigenvalue weighted by Crippen LogP contribution is 2.21. The Hall–Kier alpha value is -2.21. The number of anilines is 1. The Kier molecular flexibility index (Phi) is 3.47. The molecule has 0 radical (unpaired) electrons. The Labute approximate surface area is 116 Å². The Bertz CT molecular complexity index is 596. The fourth-order valence-electron chi connectivity index (χ4n) is 2.31. The van der Waals surface area contributed by atoms with Crippen molar-refractivity contribution in [1.82, 2.24) is 14.8 Å². The second-order valence-electron chi connectivity index (χ2n) is 4.91. The molecule has 1 saturated heterocycles. The zero-order chi connectivity index (χ0) is 13.9. The summed E-state index contributed by atoms with van der Waals surface area (Å²) in [5.74, 6) is 0.465. The van der Waals surface area contributed by atoms with Gasteiger partial charge in [-0.2, -0.15) is 0 Å². The number of nitrogens with one attached hydrogen (secondary N) is 1. The molecular formula is C14H16N4O2. The maximum Gasteiger partial charge on any atom is 0.256 e. The normalized spacial score (nSPS) is 21.9. The number of ether oxygens (including phenoxy) is 1. The Morgan fingerprint density at radius 2 is 2.20 bits per heavy atom. The van der Waals surface area contributed by atoms with Gasteiger partial charge in [-0.15, -0.1) is 10.2 Å². The summed E-state index contributed by atoms with van der Waals surface area (Å²) in [4.78, 5) is 12.2. The maximum atomic E-state index is 12.2. The number of carbonyl (C=O) groups excluding carboxylic acids is 1. The number of benzene rings is 1. The van der Waals surface area contributed by atoms with Gasteiger partial charge >= 0.3 is 0 Å². The largest absolute Gasteiger partial charge is 0.368 e. The molecule has 1 aromatic heterocycles. The van der Waals surface area contributed by atoms with Crippen LogP contribution in [0.5, 0.6) is 0 Å². The van der Waals surface area contributed by atoms with Crippen molar-refractivity contribution in [2.45, 2.75) is 19.4 Å². The summed E-state index contributed by atoms with van der Waals surface area (Å²) in [6.07, 6.45) is 2.07. The molecule has 1 aliphatic rings. The monoisotopic (exact) mass is 272 g/mol. The Balaban J connectivity index is 1.79. The van der Waals surface area contributed by atoms with Crippen LogP contribution in [0.15, 0.2) is 36.7 Å². The van der Waals surface area contributed by atoms with Crippen LogP contribution in [0.4, 0.5) is 5.95 Å². The third-order valence-electron chi connectivity index (χ3n) is 3.46.